The van der Waals surface area contributed by atoms with Gasteiger partial charge in [0.15, 0.2) is 0 Å². The minimum Gasteiger partial charge on any atom is -0.455 e. The number of carbonyl (C=O) groups is 4. The molecular formula is C35H47N3O7. The molecule has 4 aliphatic rings. The third-order valence-electron chi connectivity index (χ3n) is 9.71. The van der Waals surface area contributed by atoms with Crippen molar-refractivity contribution in [1.82, 2.24) is 15.1 Å². The number of cyclic esters (lactones) is 1. The van der Waals surface area contributed by atoms with Crippen molar-refractivity contribution in [2.75, 3.05) is 19.7 Å². The number of carbonyl (C=O) groups excluding carboxylic acids is 4. The van der Waals surface area contributed by atoms with Crippen LogP contribution < -0.4 is 5.32 Å². The Bertz CT molecular complexity index is 1310. The molecule has 0 radical (unpaired) electrons. The quantitative estimate of drug-likeness (QED) is 0.259. The van der Waals surface area contributed by atoms with Gasteiger partial charge in [-0.15, -0.1) is 0 Å². The number of amides is 3. The summed E-state index contributed by atoms with van der Waals surface area (Å²) >= 11 is 0. The Balaban J connectivity index is 1.60. The molecule has 4 aliphatic heterocycles. The second-order valence-corrected chi connectivity index (χ2v) is 13.1. The van der Waals surface area contributed by atoms with Crippen LogP contribution in [-0.2, 0) is 28.7 Å². The summed E-state index contributed by atoms with van der Waals surface area (Å²) in [5.74, 6) is -3.70. The number of nitrogens with one attached hydrogen (secondary N) is 1. The first kappa shape index (κ1) is 32.9. The summed E-state index contributed by atoms with van der Waals surface area (Å²) in [5, 5.41) is 13.5. The number of fused-ring (bicyclic) bond motifs is 2. The Hall–Kier alpha value is -3.50. The van der Waals surface area contributed by atoms with Crippen LogP contribution in [0.15, 0.2) is 54.6 Å². The van der Waals surface area contributed by atoms with Crippen LogP contribution in [0.5, 0.6) is 0 Å². The van der Waals surface area contributed by atoms with Gasteiger partial charge in [0, 0.05) is 19.5 Å². The highest BCUT2D eigenvalue weighted by molar-refractivity contribution is 5.99. The van der Waals surface area contributed by atoms with Gasteiger partial charge in [-0.3, -0.25) is 19.2 Å². The Kier molecular flexibility index (Phi) is 10.1. The lowest BCUT2D eigenvalue weighted by Crippen LogP contribution is -2.59. The predicted octanol–water partition coefficient (Wildman–Crippen LogP) is 3.31. The fourth-order valence-corrected chi connectivity index (χ4v) is 7.42. The van der Waals surface area contributed by atoms with Gasteiger partial charge in [-0.25, -0.2) is 0 Å². The molecule has 4 heterocycles. The van der Waals surface area contributed by atoms with Crippen molar-refractivity contribution < 1.29 is 33.8 Å². The number of aliphatic hydroxyl groups excluding tert-OH is 1. The van der Waals surface area contributed by atoms with Gasteiger partial charge in [-0.1, -0.05) is 88.2 Å². The number of ether oxygens (including phenoxy) is 2. The molecule has 2 N–H and O–H groups in total. The van der Waals surface area contributed by atoms with E-state index < -0.39 is 59.6 Å². The van der Waals surface area contributed by atoms with Crippen molar-refractivity contribution in [3.8, 4) is 0 Å². The zero-order valence-electron chi connectivity index (χ0n) is 26.8. The number of rotatable bonds is 8. The number of hydrogen-bond acceptors (Lipinski definition) is 7. The summed E-state index contributed by atoms with van der Waals surface area (Å²) in [6.45, 7) is 8.27. The fourth-order valence-electron chi connectivity index (χ4n) is 7.42. The zero-order chi connectivity index (χ0) is 32.3. The zero-order valence-corrected chi connectivity index (χ0v) is 26.8. The maximum Gasteiger partial charge on any atom is 0.313 e. The van der Waals surface area contributed by atoms with Crippen molar-refractivity contribution in [2.45, 2.75) is 95.7 Å². The van der Waals surface area contributed by atoms with Crippen molar-refractivity contribution >= 4 is 23.7 Å². The summed E-state index contributed by atoms with van der Waals surface area (Å²) in [6, 6.07) is 6.97. The van der Waals surface area contributed by atoms with E-state index in [9.17, 15) is 24.3 Å². The molecule has 1 aromatic carbocycles. The lowest BCUT2D eigenvalue weighted by Gasteiger charge is -2.40. The maximum absolute atomic E-state index is 14.7. The Morgan fingerprint density at radius 1 is 1.07 bits per heavy atom. The lowest BCUT2D eigenvalue weighted by atomic mass is 9.77. The van der Waals surface area contributed by atoms with Gasteiger partial charge >= 0.3 is 5.97 Å². The molecule has 0 bridgehead atoms. The molecule has 0 aliphatic carbocycles. The highest BCUT2D eigenvalue weighted by atomic mass is 16.6. The SMILES string of the molecule is CCCCCN1CC=C[C@@]23O[C@H]4/C=C\CCC(=O)N[C@@H](C)[C@H](c5ccccc5)OC(=O)[C@H]4[C@@H]2C(=O)N([C@@H](CO)C(C)C)[C@H]3C1=O. The molecule has 8 atom stereocenters. The van der Waals surface area contributed by atoms with Gasteiger partial charge < -0.3 is 29.7 Å². The van der Waals surface area contributed by atoms with Crippen LogP contribution in [0.1, 0.15) is 71.5 Å². The van der Waals surface area contributed by atoms with Crippen molar-refractivity contribution in [2.24, 2.45) is 17.8 Å². The molecule has 1 spiro atoms. The Labute approximate surface area is 265 Å². The molecule has 244 valence electrons. The molecule has 2 fully saturated rings. The standard InChI is InChI=1S/C35H47N3O7/c1-5-6-12-19-37-20-13-18-35-29(32(41)38(31(35)33(37)42)25(21-39)22(2)3)28-26(45-35)16-10-11-17-27(40)36-23(4)30(44-34(28)43)24-14-8-7-9-15-24/h7-10,13-16,18,22-23,25-26,28-31,39H,5-6,11-12,17,19-21H2,1-4H3,(H,36,40)/b16-10-/t23-,25-,26-,28+,29+,30+,31-,35+/m0/s1. The monoisotopic (exact) mass is 621 g/mol. The average Bonchev–Trinajstić information content (AvgIpc) is 3.40. The minimum atomic E-state index is -1.43. The number of nitrogens with zero attached hydrogens (tertiary/aromatic N) is 2. The van der Waals surface area contributed by atoms with E-state index in [1.807, 2.05) is 50.3 Å². The van der Waals surface area contributed by atoms with E-state index in [0.717, 1.165) is 19.3 Å². The largest absolute Gasteiger partial charge is 0.455 e. The molecule has 3 amide bonds. The Morgan fingerprint density at radius 2 is 1.82 bits per heavy atom. The number of esters is 1. The summed E-state index contributed by atoms with van der Waals surface area (Å²) in [7, 11) is 0. The number of unbranched alkanes of at least 4 members (excludes halogenated alkanes) is 2. The number of benzene rings is 1. The number of aliphatic hydroxyl groups is 1. The van der Waals surface area contributed by atoms with Crippen LogP contribution in [0.4, 0.5) is 0 Å². The van der Waals surface area contributed by atoms with Crippen LogP contribution in [0.25, 0.3) is 0 Å². The molecule has 10 nitrogen and oxygen atoms in total. The smallest absolute Gasteiger partial charge is 0.313 e. The van der Waals surface area contributed by atoms with Crippen LogP contribution in [0, 0.1) is 17.8 Å². The van der Waals surface area contributed by atoms with Crippen LogP contribution in [0.2, 0.25) is 0 Å². The number of likely N-dealkylation sites (tertiary alicyclic amines) is 1. The molecular weight excluding hydrogens is 574 g/mol. The highest BCUT2D eigenvalue weighted by Crippen LogP contribution is 2.54. The third-order valence-corrected chi connectivity index (χ3v) is 9.71. The number of allylic oxidation sites excluding steroid dienone is 1. The van der Waals surface area contributed by atoms with E-state index in [1.54, 1.807) is 30.1 Å². The molecule has 0 unspecified atom stereocenters. The first-order chi connectivity index (χ1) is 21.6. The third kappa shape index (κ3) is 6.19. The topological polar surface area (TPSA) is 125 Å². The molecule has 10 heteroatoms. The van der Waals surface area contributed by atoms with E-state index in [2.05, 4.69) is 12.2 Å². The highest BCUT2D eigenvalue weighted by Gasteiger charge is 2.72. The molecule has 5 rings (SSSR count). The Morgan fingerprint density at radius 3 is 2.51 bits per heavy atom. The van der Waals surface area contributed by atoms with E-state index in [1.165, 1.54) is 4.90 Å². The first-order valence-electron chi connectivity index (χ1n) is 16.4. The van der Waals surface area contributed by atoms with E-state index in [0.29, 0.717) is 25.1 Å². The summed E-state index contributed by atoms with van der Waals surface area (Å²) in [5.41, 5.74) is -0.724. The maximum atomic E-state index is 14.7. The fraction of sp³-hybridized carbons (Fsp3) is 0.600. The van der Waals surface area contributed by atoms with Crippen LogP contribution in [-0.4, -0.2) is 88.1 Å². The van der Waals surface area contributed by atoms with E-state index in [4.69, 9.17) is 9.47 Å². The molecule has 2 saturated heterocycles. The van der Waals surface area contributed by atoms with Gasteiger partial charge in [0.05, 0.1) is 30.7 Å². The summed E-state index contributed by atoms with van der Waals surface area (Å²) in [6.07, 6.45) is 8.98. The van der Waals surface area contributed by atoms with Crippen molar-refractivity contribution in [3.05, 3.63) is 60.2 Å². The van der Waals surface area contributed by atoms with Gasteiger partial charge in [0.2, 0.25) is 17.7 Å². The number of hydrogen-bond donors (Lipinski definition) is 2. The van der Waals surface area contributed by atoms with E-state index in [-0.39, 0.29) is 30.8 Å². The summed E-state index contributed by atoms with van der Waals surface area (Å²) < 4.78 is 13.0. The molecule has 45 heavy (non-hydrogen) atoms. The van der Waals surface area contributed by atoms with Gasteiger partial charge in [0.1, 0.15) is 23.7 Å². The van der Waals surface area contributed by atoms with Crippen LogP contribution >= 0.6 is 0 Å². The normalized spacial score (nSPS) is 33.4. The van der Waals surface area contributed by atoms with E-state index >= 15 is 0 Å². The van der Waals surface area contributed by atoms with Gasteiger partial charge in [-0.2, -0.15) is 0 Å². The first-order valence-corrected chi connectivity index (χ1v) is 16.4. The molecule has 0 saturated carbocycles. The summed E-state index contributed by atoms with van der Waals surface area (Å²) in [4.78, 5) is 59.5. The minimum absolute atomic E-state index is 0.158. The van der Waals surface area contributed by atoms with Crippen molar-refractivity contribution in [1.29, 1.82) is 0 Å². The van der Waals surface area contributed by atoms with Crippen LogP contribution in [0.3, 0.4) is 0 Å². The average molecular weight is 622 g/mol. The van der Waals surface area contributed by atoms with Gasteiger partial charge in [-0.05, 0) is 31.2 Å². The second kappa shape index (κ2) is 13.9. The second-order valence-electron chi connectivity index (χ2n) is 13.1. The molecule has 1 aromatic rings. The molecule has 0 aromatic heterocycles. The predicted molar refractivity (Wildman–Crippen MR) is 167 cm³/mol. The van der Waals surface area contributed by atoms with Gasteiger partial charge in [0.25, 0.3) is 0 Å². The lowest BCUT2D eigenvalue weighted by molar-refractivity contribution is -0.162. The van der Waals surface area contributed by atoms with Crippen molar-refractivity contribution in [3.63, 3.8) is 0 Å².